The summed E-state index contributed by atoms with van der Waals surface area (Å²) in [5, 5.41) is 29.9. The van der Waals surface area contributed by atoms with Gasteiger partial charge in [-0.25, -0.2) is 4.42 Å². The zero-order chi connectivity index (χ0) is 16.0. The van der Waals surface area contributed by atoms with E-state index in [2.05, 4.69) is 6.07 Å². The SMILES string of the molecule is Cl.Oc1ccc(/C=C2\CCc3cc4ccc(O)cc4[o+]c32)c(O)c1. The van der Waals surface area contributed by atoms with Crippen LogP contribution in [0.2, 0.25) is 0 Å². The molecule has 122 valence electrons. The van der Waals surface area contributed by atoms with E-state index in [1.807, 2.05) is 12.1 Å². The second-order valence-corrected chi connectivity index (χ2v) is 5.74. The Morgan fingerprint density at radius 3 is 2.42 bits per heavy atom. The minimum Gasteiger partial charge on any atom is -0.508 e. The van der Waals surface area contributed by atoms with Gasteiger partial charge in [-0.1, -0.05) is 0 Å². The molecular weight excluding hydrogens is 328 g/mol. The van der Waals surface area contributed by atoms with E-state index in [0.29, 0.717) is 11.1 Å². The van der Waals surface area contributed by atoms with Crippen LogP contribution in [0.4, 0.5) is 0 Å². The van der Waals surface area contributed by atoms with Crippen molar-refractivity contribution in [1.29, 1.82) is 0 Å². The fraction of sp³-hybridized carbons (Fsp3) is 0.105. The maximum absolute atomic E-state index is 9.94. The van der Waals surface area contributed by atoms with E-state index in [1.165, 1.54) is 12.1 Å². The second-order valence-electron chi connectivity index (χ2n) is 5.74. The summed E-state index contributed by atoms with van der Waals surface area (Å²) in [5.41, 5.74) is 3.38. The predicted octanol–water partition coefficient (Wildman–Crippen LogP) is 4.74. The fourth-order valence-corrected chi connectivity index (χ4v) is 2.98. The summed E-state index contributed by atoms with van der Waals surface area (Å²) in [4.78, 5) is 0. The molecule has 0 unspecified atom stereocenters. The number of allylic oxidation sites excluding steroid dienone is 1. The van der Waals surface area contributed by atoms with Gasteiger partial charge in [-0.15, -0.1) is 12.4 Å². The molecule has 4 nitrogen and oxygen atoms in total. The lowest BCUT2D eigenvalue weighted by atomic mass is 10.1. The summed E-state index contributed by atoms with van der Waals surface area (Å²) < 4.78 is 5.97. The number of halogens is 1. The lowest BCUT2D eigenvalue weighted by Gasteiger charge is -2.00. The molecule has 1 heterocycles. The van der Waals surface area contributed by atoms with Crippen molar-refractivity contribution < 1.29 is 19.7 Å². The fourth-order valence-electron chi connectivity index (χ4n) is 2.98. The van der Waals surface area contributed by atoms with Crippen molar-refractivity contribution in [3.8, 4) is 17.2 Å². The second kappa shape index (κ2) is 6.06. The lowest BCUT2D eigenvalue weighted by Crippen LogP contribution is -1.84. The highest BCUT2D eigenvalue weighted by Gasteiger charge is 2.29. The number of rotatable bonds is 1. The van der Waals surface area contributed by atoms with Crippen molar-refractivity contribution in [2.75, 3.05) is 0 Å². The molecule has 2 aromatic carbocycles. The zero-order valence-corrected chi connectivity index (χ0v) is 13.5. The van der Waals surface area contributed by atoms with Crippen LogP contribution in [0.15, 0.2) is 46.9 Å². The van der Waals surface area contributed by atoms with Gasteiger partial charge in [0, 0.05) is 11.6 Å². The third-order valence-corrected chi connectivity index (χ3v) is 4.13. The van der Waals surface area contributed by atoms with Crippen LogP contribution >= 0.6 is 12.4 Å². The highest BCUT2D eigenvalue weighted by Crippen LogP contribution is 2.38. The van der Waals surface area contributed by atoms with Crippen LogP contribution in [0.5, 0.6) is 17.2 Å². The van der Waals surface area contributed by atoms with E-state index in [9.17, 15) is 15.3 Å². The van der Waals surface area contributed by atoms with Crippen molar-refractivity contribution in [2.24, 2.45) is 0 Å². The van der Waals surface area contributed by atoms with Gasteiger partial charge in [0.1, 0.15) is 17.2 Å². The highest BCUT2D eigenvalue weighted by atomic mass is 35.5. The molecule has 0 saturated heterocycles. The quantitative estimate of drug-likeness (QED) is 0.558. The lowest BCUT2D eigenvalue weighted by molar-refractivity contribution is 0.450. The molecule has 0 bridgehead atoms. The number of hydrogen-bond donors (Lipinski definition) is 3. The first-order valence-electron chi connectivity index (χ1n) is 7.42. The summed E-state index contributed by atoms with van der Waals surface area (Å²) in [6.07, 6.45) is 3.57. The van der Waals surface area contributed by atoms with Crippen molar-refractivity contribution in [3.63, 3.8) is 0 Å². The molecule has 3 aromatic rings. The number of fused-ring (bicyclic) bond motifs is 2. The van der Waals surface area contributed by atoms with Crippen LogP contribution in [0, 0.1) is 0 Å². The molecule has 3 N–H and O–H groups in total. The minimum atomic E-state index is 0. The van der Waals surface area contributed by atoms with Gasteiger partial charge in [0.2, 0.25) is 0 Å². The molecule has 0 spiro atoms. The Hall–Kier alpha value is -2.72. The van der Waals surface area contributed by atoms with E-state index in [-0.39, 0.29) is 29.7 Å². The number of hydrogen-bond acceptors (Lipinski definition) is 3. The number of aromatic hydroxyl groups is 3. The van der Waals surface area contributed by atoms with Crippen LogP contribution in [-0.4, -0.2) is 15.3 Å². The van der Waals surface area contributed by atoms with Gasteiger partial charge in [-0.2, -0.15) is 0 Å². The molecule has 24 heavy (non-hydrogen) atoms. The summed E-state index contributed by atoms with van der Waals surface area (Å²) in [7, 11) is 0. The molecule has 1 aromatic heterocycles. The molecule has 0 radical (unpaired) electrons. The third kappa shape index (κ3) is 2.76. The predicted molar refractivity (Wildman–Crippen MR) is 95.5 cm³/mol. The van der Waals surface area contributed by atoms with Gasteiger partial charge in [-0.3, -0.25) is 0 Å². The topological polar surface area (TPSA) is 72.0 Å². The summed E-state index contributed by atoms with van der Waals surface area (Å²) in [6.45, 7) is 0. The van der Waals surface area contributed by atoms with Crippen LogP contribution in [0.25, 0.3) is 22.6 Å². The first-order valence-corrected chi connectivity index (χ1v) is 7.42. The Balaban J connectivity index is 0.00000169. The van der Waals surface area contributed by atoms with Crippen LogP contribution in [0.1, 0.15) is 23.3 Å². The molecular formula is C19H16ClO4+. The number of benzene rings is 2. The van der Waals surface area contributed by atoms with Crippen molar-refractivity contribution >= 4 is 35.0 Å². The Morgan fingerprint density at radius 2 is 1.62 bits per heavy atom. The van der Waals surface area contributed by atoms with Crippen molar-refractivity contribution in [3.05, 3.63) is 59.4 Å². The maximum Gasteiger partial charge on any atom is 0.364 e. The van der Waals surface area contributed by atoms with Crippen LogP contribution < -0.4 is 0 Å². The molecule has 5 heteroatoms. The average Bonchev–Trinajstić information content (AvgIpc) is 2.90. The normalized spacial score (nSPS) is 14.6. The molecule has 0 saturated carbocycles. The van der Waals surface area contributed by atoms with E-state index < -0.39 is 0 Å². The first-order chi connectivity index (χ1) is 11.1. The number of phenols is 3. The molecule has 1 aliphatic carbocycles. The standard InChI is InChI=1S/C19H14O4.ClH/c20-15-5-3-11(17(22)9-15)7-13-1-2-14-8-12-4-6-16(21)10-18(12)23-19(13)14;/h3-10H,1-2H2,(H2-,20,21,22);1H/p+1/b13-7+;. The first kappa shape index (κ1) is 16.1. The van der Waals surface area contributed by atoms with Gasteiger partial charge in [-0.05, 0) is 49.2 Å². The zero-order valence-electron chi connectivity index (χ0n) is 12.7. The summed E-state index contributed by atoms with van der Waals surface area (Å²) in [5.74, 6) is 1.02. The third-order valence-electron chi connectivity index (χ3n) is 4.13. The van der Waals surface area contributed by atoms with Crippen molar-refractivity contribution in [1.82, 2.24) is 0 Å². The summed E-state index contributed by atoms with van der Waals surface area (Å²) >= 11 is 0. The Morgan fingerprint density at radius 1 is 0.875 bits per heavy atom. The van der Waals surface area contributed by atoms with E-state index in [4.69, 9.17) is 4.42 Å². The molecule has 0 atom stereocenters. The summed E-state index contributed by atoms with van der Waals surface area (Å²) in [6, 6.07) is 11.7. The van der Waals surface area contributed by atoms with Crippen LogP contribution in [0.3, 0.4) is 0 Å². The van der Waals surface area contributed by atoms with E-state index >= 15 is 0 Å². The van der Waals surface area contributed by atoms with Gasteiger partial charge in [0.05, 0.1) is 22.6 Å². The van der Waals surface area contributed by atoms with Crippen LogP contribution in [-0.2, 0) is 6.42 Å². The molecule has 0 aliphatic heterocycles. The van der Waals surface area contributed by atoms with Crippen molar-refractivity contribution in [2.45, 2.75) is 12.8 Å². The largest absolute Gasteiger partial charge is 0.508 e. The smallest absolute Gasteiger partial charge is 0.364 e. The monoisotopic (exact) mass is 343 g/mol. The molecule has 0 amide bonds. The minimum absolute atomic E-state index is 0. The average molecular weight is 344 g/mol. The van der Waals surface area contributed by atoms with E-state index in [0.717, 1.165) is 35.1 Å². The molecule has 0 fully saturated rings. The van der Waals surface area contributed by atoms with Gasteiger partial charge >= 0.3 is 11.3 Å². The van der Waals surface area contributed by atoms with Gasteiger partial charge < -0.3 is 15.3 Å². The molecule has 4 rings (SSSR count). The number of phenolic OH excluding ortho intramolecular Hbond substituents is 3. The maximum atomic E-state index is 9.94. The Bertz CT molecular complexity index is 963. The molecule has 1 aliphatic rings. The van der Waals surface area contributed by atoms with E-state index in [1.54, 1.807) is 18.2 Å². The highest BCUT2D eigenvalue weighted by molar-refractivity contribution is 5.88. The van der Waals surface area contributed by atoms with Gasteiger partial charge in [0.25, 0.3) is 0 Å². The number of aryl methyl sites for hydroxylation is 1. The Kier molecular flexibility index (Phi) is 4.08. The Labute approximate surface area is 144 Å². The van der Waals surface area contributed by atoms with Gasteiger partial charge in [0.15, 0.2) is 0 Å².